The monoisotopic (exact) mass is 284 g/mol. The van der Waals surface area contributed by atoms with Crippen LogP contribution < -0.4 is 15.8 Å². The minimum atomic E-state index is -0.181. The minimum Gasteiger partial charge on any atom is -0.497 e. The number of methoxy groups -OCH3 is 1. The summed E-state index contributed by atoms with van der Waals surface area (Å²) in [5.74, 6) is 0.438. The van der Waals surface area contributed by atoms with Gasteiger partial charge in [0, 0.05) is 12.2 Å². The molecular weight excluding hydrogens is 264 g/mol. The van der Waals surface area contributed by atoms with Gasteiger partial charge in [-0.25, -0.2) is 0 Å². The summed E-state index contributed by atoms with van der Waals surface area (Å²) >= 11 is 0. The van der Waals surface area contributed by atoms with Crippen molar-refractivity contribution in [1.82, 2.24) is 5.32 Å². The van der Waals surface area contributed by atoms with Crippen LogP contribution in [0.5, 0.6) is 5.75 Å². The number of hydrogen-bond donors (Lipinski definition) is 2. The van der Waals surface area contributed by atoms with E-state index in [-0.39, 0.29) is 5.91 Å². The Morgan fingerprint density at radius 3 is 2.71 bits per heavy atom. The van der Waals surface area contributed by atoms with Crippen LogP contribution in [0.4, 0.5) is 5.69 Å². The molecule has 4 nitrogen and oxygen atoms in total. The smallest absolute Gasteiger partial charge is 0.253 e. The van der Waals surface area contributed by atoms with Gasteiger partial charge in [-0.15, -0.1) is 0 Å². The van der Waals surface area contributed by atoms with Crippen molar-refractivity contribution >= 4 is 11.6 Å². The number of carbonyl (C=O) groups excluding carboxylic acids is 1. The number of nitrogen functional groups attached to an aromatic ring is 1. The Morgan fingerprint density at radius 2 is 2.00 bits per heavy atom. The number of nitrogens with one attached hydrogen (secondary N) is 1. The van der Waals surface area contributed by atoms with E-state index in [0.29, 0.717) is 23.5 Å². The van der Waals surface area contributed by atoms with Crippen molar-refractivity contribution in [2.75, 3.05) is 19.4 Å². The van der Waals surface area contributed by atoms with Crippen molar-refractivity contribution in [2.45, 2.75) is 13.3 Å². The van der Waals surface area contributed by atoms with E-state index < -0.39 is 0 Å². The molecule has 0 saturated heterocycles. The number of ether oxygens (including phenoxy) is 1. The van der Waals surface area contributed by atoms with Gasteiger partial charge in [0.25, 0.3) is 5.91 Å². The van der Waals surface area contributed by atoms with Crippen LogP contribution in [0.15, 0.2) is 42.5 Å². The number of amides is 1. The van der Waals surface area contributed by atoms with Gasteiger partial charge in [-0.2, -0.15) is 0 Å². The third-order valence-electron chi connectivity index (χ3n) is 3.45. The fourth-order valence-corrected chi connectivity index (χ4v) is 2.16. The predicted molar refractivity (Wildman–Crippen MR) is 84.6 cm³/mol. The largest absolute Gasteiger partial charge is 0.497 e. The molecule has 0 saturated carbocycles. The molecule has 2 aromatic rings. The Kier molecular flexibility index (Phi) is 4.82. The molecule has 0 unspecified atom stereocenters. The quantitative estimate of drug-likeness (QED) is 0.829. The predicted octanol–water partition coefficient (Wildman–Crippen LogP) is 2.56. The standard InChI is InChI=1S/C17H20N2O2/c1-12-5-3-4-6-13(12)9-10-19-17(20)15-11-14(21-2)7-8-16(15)18/h3-8,11H,9-10,18H2,1-2H3,(H,19,20). The number of aryl methyl sites for hydroxylation is 1. The Labute approximate surface area is 124 Å². The summed E-state index contributed by atoms with van der Waals surface area (Å²) in [6.07, 6.45) is 0.794. The van der Waals surface area contributed by atoms with Crippen LogP contribution in [0, 0.1) is 6.92 Å². The van der Waals surface area contributed by atoms with Crippen molar-refractivity contribution in [3.8, 4) is 5.75 Å². The second-order valence-corrected chi connectivity index (χ2v) is 4.89. The van der Waals surface area contributed by atoms with E-state index >= 15 is 0 Å². The molecule has 0 fully saturated rings. The maximum Gasteiger partial charge on any atom is 0.253 e. The van der Waals surface area contributed by atoms with Gasteiger partial charge in [-0.05, 0) is 42.7 Å². The number of benzene rings is 2. The highest BCUT2D eigenvalue weighted by atomic mass is 16.5. The summed E-state index contributed by atoms with van der Waals surface area (Å²) in [6, 6.07) is 13.2. The van der Waals surface area contributed by atoms with E-state index in [1.807, 2.05) is 12.1 Å². The van der Waals surface area contributed by atoms with E-state index in [0.717, 1.165) is 6.42 Å². The van der Waals surface area contributed by atoms with E-state index in [1.165, 1.54) is 11.1 Å². The first-order valence-corrected chi connectivity index (χ1v) is 6.88. The van der Waals surface area contributed by atoms with Gasteiger partial charge in [0.2, 0.25) is 0 Å². The highest BCUT2D eigenvalue weighted by Crippen LogP contribution is 2.19. The second-order valence-electron chi connectivity index (χ2n) is 4.89. The first kappa shape index (κ1) is 14.9. The van der Waals surface area contributed by atoms with Crippen molar-refractivity contribution in [1.29, 1.82) is 0 Å². The number of carbonyl (C=O) groups is 1. The van der Waals surface area contributed by atoms with Crippen LogP contribution in [0.1, 0.15) is 21.5 Å². The Hall–Kier alpha value is -2.49. The average molecular weight is 284 g/mol. The zero-order valence-corrected chi connectivity index (χ0v) is 12.3. The van der Waals surface area contributed by atoms with Gasteiger partial charge in [0.1, 0.15) is 5.75 Å². The van der Waals surface area contributed by atoms with Gasteiger partial charge in [-0.3, -0.25) is 4.79 Å². The van der Waals surface area contributed by atoms with Crippen LogP contribution in [0.3, 0.4) is 0 Å². The van der Waals surface area contributed by atoms with Crippen LogP contribution in [-0.2, 0) is 6.42 Å². The Balaban J connectivity index is 1.98. The molecule has 4 heteroatoms. The number of rotatable bonds is 5. The highest BCUT2D eigenvalue weighted by molar-refractivity contribution is 5.99. The molecule has 0 aromatic heterocycles. The van der Waals surface area contributed by atoms with Crippen LogP contribution in [0.25, 0.3) is 0 Å². The van der Waals surface area contributed by atoms with Crippen LogP contribution in [0.2, 0.25) is 0 Å². The molecule has 0 aliphatic rings. The number of hydrogen-bond acceptors (Lipinski definition) is 3. The summed E-state index contributed by atoms with van der Waals surface area (Å²) in [6.45, 7) is 2.64. The molecule has 110 valence electrons. The highest BCUT2D eigenvalue weighted by Gasteiger charge is 2.10. The molecule has 0 spiro atoms. The topological polar surface area (TPSA) is 64.3 Å². The molecule has 1 amide bonds. The average Bonchev–Trinajstić information content (AvgIpc) is 2.49. The van der Waals surface area contributed by atoms with Gasteiger partial charge in [0.15, 0.2) is 0 Å². The van der Waals surface area contributed by atoms with E-state index in [2.05, 4.69) is 24.4 Å². The zero-order valence-electron chi connectivity index (χ0n) is 12.3. The van der Waals surface area contributed by atoms with Crippen molar-refractivity contribution in [3.63, 3.8) is 0 Å². The lowest BCUT2D eigenvalue weighted by Crippen LogP contribution is -2.26. The molecule has 0 aliphatic carbocycles. The fourth-order valence-electron chi connectivity index (χ4n) is 2.16. The van der Waals surface area contributed by atoms with Crippen LogP contribution in [-0.4, -0.2) is 19.6 Å². The third-order valence-corrected chi connectivity index (χ3v) is 3.45. The Morgan fingerprint density at radius 1 is 1.24 bits per heavy atom. The van der Waals surface area contributed by atoms with Gasteiger partial charge < -0.3 is 15.8 Å². The normalized spacial score (nSPS) is 10.2. The number of nitrogens with two attached hydrogens (primary N) is 1. The third kappa shape index (κ3) is 3.75. The molecular formula is C17H20N2O2. The van der Waals surface area contributed by atoms with Gasteiger partial charge in [-0.1, -0.05) is 24.3 Å². The van der Waals surface area contributed by atoms with Gasteiger partial charge >= 0.3 is 0 Å². The second kappa shape index (κ2) is 6.79. The van der Waals surface area contributed by atoms with E-state index in [4.69, 9.17) is 10.5 Å². The molecule has 0 radical (unpaired) electrons. The number of anilines is 1. The molecule has 0 bridgehead atoms. The molecule has 3 N–H and O–H groups in total. The lowest BCUT2D eigenvalue weighted by molar-refractivity contribution is 0.0954. The summed E-state index contributed by atoms with van der Waals surface area (Å²) < 4.78 is 5.11. The lowest BCUT2D eigenvalue weighted by Gasteiger charge is -2.10. The molecule has 2 rings (SSSR count). The maximum atomic E-state index is 12.2. The molecule has 21 heavy (non-hydrogen) atoms. The fraction of sp³-hybridized carbons (Fsp3) is 0.235. The van der Waals surface area contributed by atoms with Gasteiger partial charge in [0.05, 0.1) is 12.7 Å². The lowest BCUT2D eigenvalue weighted by atomic mass is 10.1. The first-order valence-electron chi connectivity index (χ1n) is 6.88. The summed E-state index contributed by atoms with van der Waals surface area (Å²) in [5, 5.41) is 2.89. The molecule has 0 aliphatic heterocycles. The van der Waals surface area contributed by atoms with E-state index in [1.54, 1.807) is 25.3 Å². The summed E-state index contributed by atoms with van der Waals surface area (Å²) in [4.78, 5) is 12.2. The first-order chi connectivity index (χ1) is 10.1. The molecule has 0 heterocycles. The molecule has 0 atom stereocenters. The summed E-state index contributed by atoms with van der Waals surface area (Å²) in [7, 11) is 1.56. The SMILES string of the molecule is COc1ccc(N)c(C(=O)NCCc2ccccc2C)c1. The molecule has 2 aromatic carbocycles. The summed E-state index contributed by atoms with van der Waals surface area (Å²) in [5.41, 5.74) is 9.19. The zero-order chi connectivity index (χ0) is 15.2. The maximum absolute atomic E-state index is 12.2. The Bertz CT molecular complexity index is 638. The van der Waals surface area contributed by atoms with Crippen LogP contribution >= 0.6 is 0 Å². The van der Waals surface area contributed by atoms with Crippen molar-refractivity contribution in [3.05, 3.63) is 59.2 Å². The van der Waals surface area contributed by atoms with E-state index in [9.17, 15) is 4.79 Å². The van der Waals surface area contributed by atoms with Crippen molar-refractivity contribution < 1.29 is 9.53 Å². The minimum absolute atomic E-state index is 0.181. The van der Waals surface area contributed by atoms with Crippen molar-refractivity contribution in [2.24, 2.45) is 0 Å².